The molecular weight excluding hydrogens is 201 g/mol. The second-order valence-corrected chi connectivity index (χ2v) is 2.60. The summed E-state index contributed by atoms with van der Waals surface area (Å²) in [6.07, 6.45) is -5.11. The molecule has 3 nitrogen and oxygen atoms in total. The largest absolute Gasteiger partial charge is 0.450 e. The molecule has 0 bridgehead atoms. The van der Waals surface area contributed by atoms with Gasteiger partial charge in [-0.05, 0) is 0 Å². The van der Waals surface area contributed by atoms with E-state index in [2.05, 4.69) is 4.89 Å². The number of benzene rings is 1. The van der Waals surface area contributed by atoms with E-state index >= 15 is 0 Å². The van der Waals surface area contributed by atoms with Gasteiger partial charge in [-0.3, -0.25) is 0 Å². The maximum Gasteiger partial charge on any atom is 0.450 e. The summed E-state index contributed by atoms with van der Waals surface area (Å²) in [4.78, 5) is 3.12. The van der Waals surface area contributed by atoms with Gasteiger partial charge in [0.05, 0.1) is 0 Å². The third-order valence-electron chi connectivity index (χ3n) is 1.68. The lowest BCUT2D eigenvalue weighted by Gasteiger charge is -2.26. The third-order valence-corrected chi connectivity index (χ3v) is 1.68. The first-order valence-electron chi connectivity index (χ1n) is 3.59. The highest BCUT2D eigenvalue weighted by Gasteiger charge is 2.57. The normalized spacial score (nSPS) is 16.4. The molecule has 0 saturated carbocycles. The fourth-order valence-corrected chi connectivity index (χ4v) is 0.932. The SMILES string of the molecule is OOC(O)(c1ccccc1)C(F)(F)F. The number of hydrogen-bond acceptors (Lipinski definition) is 3. The number of rotatable bonds is 2. The molecule has 1 rings (SSSR count). The lowest BCUT2D eigenvalue weighted by molar-refractivity contribution is -0.478. The topological polar surface area (TPSA) is 49.7 Å². The highest BCUT2D eigenvalue weighted by Crippen LogP contribution is 2.38. The molecule has 0 aliphatic rings. The van der Waals surface area contributed by atoms with Gasteiger partial charge in [0.2, 0.25) is 0 Å². The van der Waals surface area contributed by atoms with Gasteiger partial charge in [-0.25, -0.2) is 5.26 Å². The molecule has 78 valence electrons. The fraction of sp³-hybridized carbons (Fsp3) is 0.250. The van der Waals surface area contributed by atoms with Crippen molar-refractivity contribution in [2.24, 2.45) is 0 Å². The first kappa shape index (κ1) is 11.0. The van der Waals surface area contributed by atoms with Crippen LogP contribution in [-0.2, 0) is 10.7 Å². The van der Waals surface area contributed by atoms with Crippen LogP contribution in [0, 0.1) is 0 Å². The minimum Gasteiger partial charge on any atom is -0.353 e. The fourth-order valence-electron chi connectivity index (χ4n) is 0.932. The van der Waals surface area contributed by atoms with Gasteiger partial charge in [-0.2, -0.15) is 18.1 Å². The Bertz CT molecular complexity index is 298. The third kappa shape index (κ3) is 1.72. The van der Waals surface area contributed by atoms with Gasteiger partial charge in [0.1, 0.15) is 0 Å². The van der Waals surface area contributed by atoms with Crippen LogP contribution in [0.1, 0.15) is 5.56 Å². The van der Waals surface area contributed by atoms with E-state index in [4.69, 9.17) is 10.4 Å². The molecule has 6 heteroatoms. The van der Waals surface area contributed by atoms with Crippen molar-refractivity contribution in [3.05, 3.63) is 35.9 Å². The van der Waals surface area contributed by atoms with E-state index in [-0.39, 0.29) is 0 Å². The molecule has 1 aromatic rings. The Hall–Kier alpha value is -1.11. The Morgan fingerprint density at radius 1 is 1.07 bits per heavy atom. The van der Waals surface area contributed by atoms with E-state index in [1.54, 1.807) is 0 Å². The van der Waals surface area contributed by atoms with E-state index in [9.17, 15) is 13.2 Å². The molecule has 2 N–H and O–H groups in total. The Kier molecular flexibility index (Phi) is 2.79. The van der Waals surface area contributed by atoms with Crippen LogP contribution in [0.3, 0.4) is 0 Å². The van der Waals surface area contributed by atoms with Gasteiger partial charge >= 0.3 is 12.0 Å². The summed E-state index contributed by atoms with van der Waals surface area (Å²) in [5.74, 6) is -3.67. The molecule has 0 fully saturated rings. The van der Waals surface area contributed by atoms with Crippen molar-refractivity contribution in [2.75, 3.05) is 0 Å². The number of alkyl halides is 3. The summed E-state index contributed by atoms with van der Waals surface area (Å²) < 4.78 is 36.8. The zero-order chi connectivity index (χ0) is 10.8. The summed E-state index contributed by atoms with van der Waals surface area (Å²) in [7, 11) is 0. The molecule has 0 amide bonds. The average molecular weight is 208 g/mol. The summed E-state index contributed by atoms with van der Waals surface area (Å²) in [6, 6.07) is 6.02. The smallest absolute Gasteiger partial charge is 0.353 e. The molecule has 14 heavy (non-hydrogen) atoms. The molecule has 0 aliphatic carbocycles. The maximum absolute atomic E-state index is 12.3. The van der Waals surface area contributed by atoms with Crippen LogP contribution in [0.4, 0.5) is 13.2 Å². The van der Waals surface area contributed by atoms with Crippen molar-refractivity contribution in [2.45, 2.75) is 12.0 Å². The molecular formula is C8H7F3O3. The van der Waals surface area contributed by atoms with Crippen molar-refractivity contribution in [3.8, 4) is 0 Å². The highest BCUT2D eigenvalue weighted by atomic mass is 19.4. The molecule has 0 aliphatic heterocycles. The van der Waals surface area contributed by atoms with E-state index in [1.165, 1.54) is 18.2 Å². The highest BCUT2D eigenvalue weighted by molar-refractivity contribution is 5.21. The van der Waals surface area contributed by atoms with Crippen molar-refractivity contribution in [1.82, 2.24) is 0 Å². The van der Waals surface area contributed by atoms with Crippen molar-refractivity contribution >= 4 is 0 Å². The number of aliphatic hydroxyl groups is 1. The molecule has 0 radical (unpaired) electrons. The molecule has 1 unspecified atom stereocenters. The lowest BCUT2D eigenvalue weighted by atomic mass is 10.1. The maximum atomic E-state index is 12.3. The number of halogens is 3. The van der Waals surface area contributed by atoms with Gasteiger partial charge in [0.15, 0.2) is 0 Å². The van der Waals surface area contributed by atoms with Gasteiger partial charge in [-0.15, -0.1) is 0 Å². The van der Waals surface area contributed by atoms with E-state index in [0.717, 1.165) is 12.1 Å². The van der Waals surface area contributed by atoms with Crippen molar-refractivity contribution in [1.29, 1.82) is 0 Å². The first-order valence-corrected chi connectivity index (χ1v) is 3.59. The van der Waals surface area contributed by atoms with E-state index < -0.39 is 17.5 Å². The van der Waals surface area contributed by atoms with Crippen LogP contribution in [0.15, 0.2) is 30.3 Å². The Balaban J connectivity index is 3.15. The Morgan fingerprint density at radius 3 is 1.93 bits per heavy atom. The summed E-state index contributed by atoms with van der Waals surface area (Å²) >= 11 is 0. The molecule has 0 saturated heterocycles. The average Bonchev–Trinajstić information content (AvgIpc) is 2.16. The quantitative estimate of drug-likeness (QED) is 0.443. The van der Waals surface area contributed by atoms with Crippen LogP contribution in [0.25, 0.3) is 0 Å². The molecule has 0 spiro atoms. The molecule has 0 heterocycles. The monoisotopic (exact) mass is 208 g/mol. The van der Waals surface area contributed by atoms with Crippen LogP contribution in [-0.4, -0.2) is 16.5 Å². The van der Waals surface area contributed by atoms with Crippen LogP contribution < -0.4 is 0 Å². The molecule has 1 aromatic carbocycles. The second-order valence-electron chi connectivity index (χ2n) is 2.60. The Labute approximate surface area is 77.3 Å². The lowest BCUT2D eigenvalue weighted by Crippen LogP contribution is -2.44. The van der Waals surface area contributed by atoms with Gasteiger partial charge in [0, 0.05) is 5.56 Å². The van der Waals surface area contributed by atoms with E-state index in [0.29, 0.717) is 0 Å². The zero-order valence-electron chi connectivity index (χ0n) is 6.82. The van der Waals surface area contributed by atoms with Gasteiger partial charge in [-0.1, -0.05) is 30.3 Å². The van der Waals surface area contributed by atoms with Crippen LogP contribution in [0.5, 0.6) is 0 Å². The molecule has 0 aromatic heterocycles. The Morgan fingerprint density at radius 2 is 1.57 bits per heavy atom. The predicted octanol–water partition coefficient (Wildman–Crippen LogP) is 1.88. The van der Waals surface area contributed by atoms with Crippen LogP contribution in [0.2, 0.25) is 0 Å². The summed E-state index contributed by atoms with van der Waals surface area (Å²) in [6.45, 7) is 0. The second kappa shape index (κ2) is 3.56. The van der Waals surface area contributed by atoms with Gasteiger partial charge in [0.25, 0.3) is 0 Å². The standard InChI is InChI=1S/C8H7F3O3/c9-8(10,11)7(12,14-13)6-4-2-1-3-5-6/h1-5,12-13H. The van der Waals surface area contributed by atoms with Gasteiger partial charge < -0.3 is 5.11 Å². The minimum absolute atomic E-state index is 0.588. The molecule has 1 atom stereocenters. The minimum atomic E-state index is -5.11. The zero-order valence-corrected chi connectivity index (χ0v) is 6.82. The van der Waals surface area contributed by atoms with E-state index in [1.807, 2.05) is 0 Å². The summed E-state index contributed by atoms with van der Waals surface area (Å²) in [5, 5.41) is 17.1. The predicted molar refractivity (Wildman–Crippen MR) is 40.1 cm³/mol. The number of hydrogen-bond donors (Lipinski definition) is 2. The first-order chi connectivity index (χ1) is 6.42. The van der Waals surface area contributed by atoms with Crippen molar-refractivity contribution < 1.29 is 28.4 Å². The summed E-state index contributed by atoms with van der Waals surface area (Å²) in [5.41, 5.74) is -0.588. The van der Waals surface area contributed by atoms with Crippen molar-refractivity contribution in [3.63, 3.8) is 0 Å². The van der Waals surface area contributed by atoms with Crippen LogP contribution >= 0.6 is 0 Å².